The van der Waals surface area contributed by atoms with Gasteiger partial charge in [-0.15, -0.1) is 0 Å². The van der Waals surface area contributed by atoms with Crippen molar-refractivity contribution in [2.24, 2.45) is 0 Å². The molecule has 1 N–H and O–H groups in total. The van der Waals surface area contributed by atoms with E-state index in [9.17, 15) is 22.8 Å². The van der Waals surface area contributed by atoms with Crippen LogP contribution in [-0.4, -0.2) is 10.5 Å². The predicted octanol–water partition coefficient (Wildman–Crippen LogP) is 4.73. The highest BCUT2D eigenvalue weighted by Crippen LogP contribution is 2.29. The van der Waals surface area contributed by atoms with Gasteiger partial charge in [-0.2, -0.15) is 13.2 Å². The van der Waals surface area contributed by atoms with Crippen molar-refractivity contribution in [2.75, 3.05) is 5.32 Å². The summed E-state index contributed by atoms with van der Waals surface area (Å²) in [6.07, 6.45) is -2.31. The summed E-state index contributed by atoms with van der Waals surface area (Å²) in [4.78, 5) is 25.3. The summed E-state index contributed by atoms with van der Waals surface area (Å²) in [5.74, 6) is -0.561. The van der Waals surface area contributed by atoms with E-state index in [0.717, 1.165) is 17.7 Å². The van der Waals surface area contributed by atoms with Gasteiger partial charge in [0.1, 0.15) is 5.56 Å². The Labute approximate surface area is 165 Å². The number of aromatic nitrogens is 1. The van der Waals surface area contributed by atoms with E-state index in [1.807, 2.05) is 19.1 Å². The second kappa shape index (κ2) is 8.34. The Morgan fingerprint density at radius 3 is 2.52 bits per heavy atom. The van der Waals surface area contributed by atoms with Gasteiger partial charge >= 0.3 is 6.18 Å². The highest BCUT2D eigenvalue weighted by Gasteiger charge is 2.30. The number of anilines is 1. The lowest BCUT2D eigenvalue weighted by atomic mass is 10.1. The van der Waals surface area contributed by atoms with Crippen molar-refractivity contribution < 1.29 is 18.0 Å². The Balaban J connectivity index is 1.87. The molecule has 3 rings (SSSR count). The molecule has 0 saturated carbocycles. The van der Waals surface area contributed by atoms with E-state index in [1.54, 1.807) is 12.1 Å². The lowest BCUT2D eigenvalue weighted by Gasteiger charge is -2.12. The second-order valence-electron chi connectivity index (χ2n) is 6.52. The molecule has 0 saturated heterocycles. The third kappa shape index (κ3) is 4.74. The summed E-state index contributed by atoms with van der Waals surface area (Å²) < 4.78 is 39.9. The summed E-state index contributed by atoms with van der Waals surface area (Å²) in [6.45, 7) is 1.88. The van der Waals surface area contributed by atoms with Crippen LogP contribution in [0.1, 0.15) is 34.0 Å². The first-order valence-corrected chi connectivity index (χ1v) is 9.04. The topological polar surface area (TPSA) is 51.1 Å². The third-order valence-corrected chi connectivity index (χ3v) is 4.52. The average molecular weight is 400 g/mol. The molecule has 4 nitrogen and oxygen atoms in total. The molecule has 0 atom stereocenters. The molecule has 29 heavy (non-hydrogen) atoms. The fraction of sp³-hybridized carbons (Fsp3) is 0.182. The van der Waals surface area contributed by atoms with E-state index in [1.165, 1.54) is 35.0 Å². The summed E-state index contributed by atoms with van der Waals surface area (Å²) >= 11 is 0. The molecule has 0 fully saturated rings. The molecule has 0 bridgehead atoms. The van der Waals surface area contributed by atoms with Crippen LogP contribution >= 0.6 is 0 Å². The first-order valence-electron chi connectivity index (χ1n) is 9.04. The van der Waals surface area contributed by atoms with Crippen LogP contribution in [0.3, 0.4) is 0 Å². The second-order valence-corrected chi connectivity index (χ2v) is 6.52. The highest BCUT2D eigenvalue weighted by atomic mass is 19.4. The fourth-order valence-corrected chi connectivity index (χ4v) is 3.02. The van der Waals surface area contributed by atoms with Crippen LogP contribution in [0.25, 0.3) is 0 Å². The van der Waals surface area contributed by atoms with Crippen LogP contribution in [-0.2, 0) is 19.1 Å². The zero-order valence-corrected chi connectivity index (χ0v) is 15.7. The largest absolute Gasteiger partial charge is 0.416 e. The number of hydrogen-bond acceptors (Lipinski definition) is 2. The minimum Gasteiger partial charge on any atom is -0.322 e. The predicted molar refractivity (Wildman–Crippen MR) is 105 cm³/mol. The summed E-state index contributed by atoms with van der Waals surface area (Å²) in [7, 11) is 0. The Kier molecular flexibility index (Phi) is 5.87. The molecule has 150 valence electrons. The Bertz CT molecular complexity index is 1090. The van der Waals surface area contributed by atoms with Crippen molar-refractivity contribution >= 4 is 11.6 Å². The Morgan fingerprint density at radius 1 is 1.03 bits per heavy atom. The van der Waals surface area contributed by atoms with E-state index in [0.29, 0.717) is 17.7 Å². The van der Waals surface area contributed by atoms with Crippen molar-refractivity contribution in [3.8, 4) is 0 Å². The molecule has 0 spiro atoms. The number of pyridine rings is 1. The standard InChI is InChI=1S/C22H19F3N2O2/c1-2-16-8-3-4-11-19(16)26-20(28)18-10-6-12-27(21(18)29)14-15-7-5-9-17(13-15)22(23,24)25/h3-13H,2,14H2,1H3,(H,26,28). The summed E-state index contributed by atoms with van der Waals surface area (Å²) in [6, 6.07) is 15.0. The first-order chi connectivity index (χ1) is 13.8. The van der Waals surface area contributed by atoms with Crippen LogP contribution in [0.4, 0.5) is 18.9 Å². The molecular formula is C22H19F3N2O2. The zero-order chi connectivity index (χ0) is 21.0. The maximum absolute atomic E-state index is 12.9. The maximum Gasteiger partial charge on any atom is 0.416 e. The summed E-state index contributed by atoms with van der Waals surface area (Å²) in [5.41, 5.74) is 0.430. The molecule has 1 aromatic heterocycles. The molecule has 2 aromatic carbocycles. The molecule has 0 radical (unpaired) electrons. The van der Waals surface area contributed by atoms with E-state index < -0.39 is 23.2 Å². The van der Waals surface area contributed by atoms with Crippen LogP contribution in [0.2, 0.25) is 0 Å². The lowest BCUT2D eigenvalue weighted by Crippen LogP contribution is -2.29. The monoisotopic (exact) mass is 400 g/mol. The molecular weight excluding hydrogens is 381 g/mol. The molecule has 0 aliphatic carbocycles. The normalized spacial score (nSPS) is 11.3. The number of alkyl halides is 3. The number of amides is 1. The first kappa shape index (κ1) is 20.4. The van der Waals surface area contributed by atoms with Crippen LogP contribution < -0.4 is 10.9 Å². The van der Waals surface area contributed by atoms with Gasteiger partial charge in [-0.1, -0.05) is 37.3 Å². The van der Waals surface area contributed by atoms with E-state index in [-0.39, 0.29) is 12.1 Å². The van der Waals surface area contributed by atoms with Gasteiger partial charge in [0.2, 0.25) is 0 Å². The molecule has 3 aromatic rings. The minimum atomic E-state index is -4.46. The number of nitrogens with zero attached hydrogens (tertiary/aromatic N) is 1. The van der Waals surface area contributed by atoms with Gasteiger partial charge in [0.25, 0.3) is 11.5 Å². The molecule has 0 aliphatic heterocycles. The number of benzene rings is 2. The lowest BCUT2D eigenvalue weighted by molar-refractivity contribution is -0.137. The number of aryl methyl sites for hydroxylation is 1. The van der Waals surface area contributed by atoms with Gasteiger partial charge in [-0.3, -0.25) is 9.59 Å². The molecule has 7 heteroatoms. The molecule has 1 amide bonds. The summed E-state index contributed by atoms with van der Waals surface area (Å²) in [5, 5.41) is 2.74. The van der Waals surface area contributed by atoms with Crippen molar-refractivity contribution in [1.29, 1.82) is 0 Å². The van der Waals surface area contributed by atoms with Crippen molar-refractivity contribution in [2.45, 2.75) is 26.1 Å². The van der Waals surface area contributed by atoms with Crippen LogP contribution in [0, 0.1) is 0 Å². The maximum atomic E-state index is 12.9. The van der Waals surface area contributed by atoms with Gasteiger partial charge in [0, 0.05) is 11.9 Å². The number of nitrogens with one attached hydrogen (secondary N) is 1. The number of rotatable bonds is 5. The van der Waals surface area contributed by atoms with E-state index in [2.05, 4.69) is 5.32 Å². The van der Waals surface area contributed by atoms with E-state index >= 15 is 0 Å². The van der Waals surface area contributed by atoms with Crippen molar-refractivity contribution in [3.05, 3.63) is 99.5 Å². The number of carbonyl (C=O) groups excluding carboxylic acids is 1. The van der Waals surface area contributed by atoms with Gasteiger partial charge < -0.3 is 9.88 Å². The molecule has 1 heterocycles. The van der Waals surface area contributed by atoms with Crippen molar-refractivity contribution in [1.82, 2.24) is 4.57 Å². The Morgan fingerprint density at radius 2 is 1.79 bits per heavy atom. The minimum absolute atomic E-state index is 0.0740. The smallest absolute Gasteiger partial charge is 0.322 e. The average Bonchev–Trinajstić information content (AvgIpc) is 2.69. The van der Waals surface area contributed by atoms with Crippen LogP contribution in [0.5, 0.6) is 0 Å². The number of halogens is 3. The van der Waals surface area contributed by atoms with Gasteiger partial charge in [0.05, 0.1) is 12.1 Å². The van der Waals surface area contributed by atoms with Crippen molar-refractivity contribution in [3.63, 3.8) is 0 Å². The van der Waals surface area contributed by atoms with Gasteiger partial charge in [-0.05, 0) is 47.9 Å². The quantitative estimate of drug-likeness (QED) is 0.673. The Hall–Kier alpha value is -3.35. The van der Waals surface area contributed by atoms with Gasteiger partial charge in [-0.25, -0.2) is 0 Å². The number of hydrogen-bond donors (Lipinski definition) is 1. The third-order valence-electron chi connectivity index (χ3n) is 4.52. The fourth-order valence-electron chi connectivity index (χ4n) is 3.02. The SMILES string of the molecule is CCc1ccccc1NC(=O)c1cccn(Cc2cccc(C(F)(F)F)c2)c1=O. The van der Waals surface area contributed by atoms with E-state index in [4.69, 9.17) is 0 Å². The zero-order valence-electron chi connectivity index (χ0n) is 15.7. The number of carbonyl (C=O) groups is 1. The van der Waals surface area contributed by atoms with Crippen LogP contribution in [0.15, 0.2) is 71.7 Å². The van der Waals surface area contributed by atoms with Gasteiger partial charge in [0.15, 0.2) is 0 Å². The molecule has 0 unspecified atom stereocenters. The molecule has 0 aliphatic rings. The highest BCUT2D eigenvalue weighted by molar-refractivity contribution is 6.04. The number of para-hydroxylation sites is 1.